The van der Waals surface area contributed by atoms with Crippen molar-refractivity contribution in [1.82, 2.24) is 0 Å². The molecule has 0 unspecified atom stereocenters. The normalized spacial score (nSPS) is 0. The molecule has 0 aromatic heterocycles. The molecule has 0 aliphatic rings. The van der Waals surface area contributed by atoms with E-state index in [0.29, 0.717) is 0 Å². The fourth-order valence-corrected chi connectivity index (χ4v) is 0. The van der Waals surface area contributed by atoms with Crippen molar-refractivity contribution < 1.29 is 28.0 Å². The second-order valence-corrected chi connectivity index (χ2v) is 0. The SMILES string of the molecule is O.[Al].[Ca].[Fe].[Mg].[OH-].[Si]. The summed E-state index contributed by atoms with van der Waals surface area (Å²) in [6.07, 6.45) is 0. The maximum atomic E-state index is 0. The van der Waals surface area contributed by atoms with Gasteiger partial charge in [-0.05, 0) is 0 Å². The maximum Gasteiger partial charge on any atom is 0 e. The standard InChI is InChI=1S/Al.Ca.Fe.Mg.2H2O.Si/h;;;;2*1H2;/p-1. The van der Waals surface area contributed by atoms with Crippen molar-refractivity contribution in [3.63, 3.8) is 0 Å². The summed E-state index contributed by atoms with van der Waals surface area (Å²) < 4.78 is 0. The van der Waals surface area contributed by atoms with Crippen LogP contribution in [0.2, 0.25) is 0 Å². The largest absolute Gasteiger partial charge is 0.870 e. The van der Waals surface area contributed by atoms with Gasteiger partial charge in [0.2, 0.25) is 0 Å². The molecule has 0 rings (SSSR count). The summed E-state index contributed by atoms with van der Waals surface area (Å²) in [5.74, 6) is 0. The Hall–Kier alpha value is 3.21. The van der Waals surface area contributed by atoms with Crippen LogP contribution in [0, 0.1) is 0 Å². The summed E-state index contributed by atoms with van der Waals surface area (Å²) in [5.41, 5.74) is 0. The van der Waals surface area contributed by atoms with E-state index in [1.165, 1.54) is 0 Å². The van der Waals surface area contributed by atoms with E-state index < -0.39 is 0 Å². The van der Waals surface area contributed by atoms with Gasteiger partial charge in [-0.3, -0.25) is 0 Å². The van der Waals surface area contributed by atoms with Crippen LogP contribution < -0.4 is 0 Å². The van der Waals surface area contributed by atoms with E-state index in [-0.39, 0.29) is 117 Å². The van der Waals surface area contributed by atoms with Gasteiger partial charge in [0.25, 0.3) is 0 Å². The van der Waals surface area contributed by atoms with Gasteiger partial charge < -0.3 is 11.0 Å². The Morgan fingerprint density at radius 2 is 1.00 bits per heavy atom. The first-order valence-corrected chi connectivity index (χ1v) is 0. The van der Waals surface area contributed by atoms with E-state index in [1.54, 1.807) is 0 Å². The van der Waals surface area contributed by atoms with Gasteiger partial charge in [-0.2, -0.15) is 0 Å². The Morgan fingerprint density at radius 3 is 1.00 bits per heavy atom. The van der Waals surface area contributed by atoms with Gasteiger partial charge in [0, 0.05) is 106 Å². The average molecular weight is 210 g/mol. The first kappa shape index (κ1) is 83.9. The third-order valence-electron chi connectivity index (χ3n) is 0. The van der Waals surface area contributed by atoms with Gasteiger partial charge in [0.05, 0.1) is 0 Å². The molecule has 2 nitrogen and oxygen atoms in total. The Kier molecular flexibility index (Phi) is 721. The first-order chi connectivity index (χ1) is 0. The zero-order valence-electron chi connectivity index (χ0n) is 3.79. The third-order valence-corrected chi connectivity index (χ3v) is 0. The van der Waals surface area contributed by atoms with Crippen LogP contribution in [0.25, 0.3) is 0 Å². The van der Waals surface area contributed by atoms with E-state index >= 15 is 0 Å². The predicted octanol–water partition coefficient (Wildman–Crippen LogP) is -2.53. The van der Waals surface area contributed by atoms with Crippen molar-refractivity contribution in [2.24, 2.45) is 0 Å². The number of hydrogen-bond acceptors (Lipinski definition) is 1. The average Bonchev–Trinajstić information content (AvgIpc) is 0. The minimum absolute atomic E-state index is 0. The number of rotatable bonds is 0. The van der Waals surface area contributed by atoms with Crippen molar-refractivity contribution in [2.45, 2.75) is 0 Å². The van der Waals surface area contributed by atoms with Gasteiger partial charge in [-0.15, -0.1) is 0 Å². The Morgan fingerprint density at radius 1 is 1.00 bits per heavy atom. The smallest absolute Gasteiger partial charge is 0 e. The summed E-state index contributed by atoms with van der Waals surface area (Å²) >= 11 is 0. The van der Waals surface area contributed by atoms with Crippen LogP contribution in [0.1, 0.15) is 0 Å². The van der Waals surface area contributed by atoms with Crippen LogP contribution in [0.15, 0.2) is 0 Å². The van der Waals surface area contributed by atoms with E-state index in [4.69, 9.17) is 0 Å². The second kappa shape index (κ2) is 60.2. The van der Waals surface area contributed by atoms with E-state index in [9.17, 15) is 0 Å². The van der Waals surface area contributed by atoms with Crippen LogP contribution in [-0.4, -0.2) is 100 Å². The summed E-state index contributed by atoms with van der Waals surface area (Å²) in [5, 5.41) is 0. The Bertz CT molecular complexity index is 17.7. The van der Waals surface area contributed by atoms with E-state index in [1.807, 2.05) is 0 Å². The molecule has 3 N–H and O–H groups in total. The molecule has 0 atom stereocenters. The van der Waals surface area contributed by atoms with Gasteiger partial charge in [0.1, 0.15) is 0 Å². The van der Waals surface area contributed by atoms with E-state index in [0.717, 1.165) is 0 Å². The van der Waals surface area contributed by atoms with Crippen LogP contribution in [0.3, 0.4) is 0 Å². The summed E-state index contributed by atoms with van der Waals surface area (Å²) in [6.45, 7) is 0. The molecule has 35 valence electrons. The van der Waals surface area contributed by atoms with Crippen LogP contribution in [0.4, 0.5) is 0 Å². The van der Waals surface area contributed by atoms with Gasteiger partial charge in [-0.1, -0.05) is 0 Å². The Balaban J connectivity index is 0. The molecular weight excluding hydrogens is 207 g/mol. The molecule has 0 aliphatic carbocycles. The minimum atomic E-state index is 0. The molecule has 0 saturated heterocycles. The fourth-order valence-electron chi connectivity index (χ4n) is 0. The van der Waals surface area contributed by atoms with Crippen molar-refractivity contribution in [3.8, 4) is 0 Å². The molecule has 0 aromatic carbocycles. The zero-order valence-corrected chi connectivity index (χ0v) is 10.7. The quantitative estimate of drug-likeness (QED) is 0.407. The molecule has 0 aliphatic heterocycles. The zero-order chi connectivity index (χ0) is 0. The molecule has 0 bridgehead atoms. The first-order valence-electron chi connectivity index (χ1n) is 0. The Labute approximate surface area is 115 Å². The van der Waals surface area contributed by atoms with Crippen LogP contribution in [0.5, 0.6) is 0 Å². The fraction of sp³-hybridized carbons (Fsp3) is 0. The van der Waals surface area contributed by atoms with Gasteiger partial charge in [0.15, 0.2) is 0 Å². The van der Waals surface area contributed by atoms with E-state index in [2.05, 4.69) is 0 Å². The summed E-state index contributed by atoms with van der Waals surface area (Å²) in [6, 6.07) is 0. The van der Waals surface area contributed by atoms with Crippen molar-refractivity contribution in [1.29, 1.82) is 0 Å². The van der Waals surface area contributed by atoms with Crippen LogP contribution >= 0.6 is 0 Å². The molecule has 0 spiro atoms. The molecule has 0 heterocycles. The van der Waals surface area contributed by atoms with Gasteiger partial charge >= 0.3 is 0 Å². The molecule has 7 heavy (non-hydrogen) atoms. The van der Waals surface area contributed by atoms with Crippen molar-refractivity contribution in [2.75, 3.05) is 0 Å². The summed E-state index contributed by atoms with van der Waals surface area (Å²) in [4.78, 5) is 0. The third kappa shape index (κ3) is 46.4. The molecule has 0 saturated carbocycles. The molecule has 11 radical (unpaired) electrons. The minimum Gasteiger partial charge on any atom is -0.870 e. The molecule has 0 fully saturated rings. The topological polar surface area (TPSA) is 61.5 Å². The van der Waals surface area contributed by atoms with Gasteiger partial charge in [-0.25, -0.2) is 0 Å². The number of hydrogen-bond donors (Lipinski definition) is 0. The molecule has 0 aromatic rings. The molecular formula is H3AlCaFeMgO2Si-. The van der Waals surface area contributed by atoms with Crippen LogP contribution in [-0.2, 0) is 17.1 Å². The second-order valence-electron chi connectivity index (χ2n) is 0. The predicted molar refractivity (Wildman–Crippen MR) is 28.6 cm³/mol. The van der Waals surface area contributed by atoms with Crippen molar-refractivity contribution in [3.05, 3.63) is 0 Å². The monoisotopic (exact) mass is 210 g/mol. The molecule has 7 heteroatoms. The van der Waals surface area contributed by atoms with Crippen molar-refractivity contribution >= 4 is 89.1 Å². The maximum absolute atomic E-state index is 0. The summed E-state index contributed by atoms with van der Waals surface area (Å²) in [7, 11) is 0. The molecule has 0 amide bonds.